The van der Waals surface area contributed by atoms with Crippen LogP contribution in [0.3, 0.4) is 0 Å². The number of hydrogen-bond donors (Lipinski definition) is 0. The van der Waals surface area contributed by atoms with Gasteiger partial charge in [-0.25, -0.2) is 0 Å². The topological polar surface area (TPSA) is 9.23 Å². The molecule has 0 N–H and O–H groups in total. The minimum absolute atomic E-state index is 0.651. The van der Waals surface area contributed by atoms with E-state index in [0.29, 0.717) is 11.5 Å². The highest BCUT2D eigenvalue weighted by molar-refractivity contribution is 5.24. The molecule has 0 fully saturated rings. The average Bonchev–Trinajstić information content (AvgIpc) is 2.22. The molecule has 1 heteroatoms. The minimum Gasteiger partial charge on any atom is -0.457 e. The first kappa shape index (κ1) is 13.2. The van der Waals surface area contributed by atoms with E-state index in [1.807, 2.05) is 26.0 Å². The Kier molecular flexibility index (Phi) is 6.73. The molecule has 80 valence electrons. The van der Waals surface area contributed by atoms with Crippen LogP contribution in [0.1, 0.15) is 13.8 Å². The van der Waals surface area contributed by atoms with Gasteiger partial charge in [0.1, 0.15) is 11.5 Å². The first-order chi connectivity index (χ1) is 7.13. The van der Waals surface area contributed by atoms with Crippen molar-refractivity contribution in [3.05, 3.63) is 73.3 Å². The van der Waals surface area contributed by atoms with Crippen LogP contribution in [0.4, 0.5) is 0 Å². The van der Waals surface area contributed by atoms with Crippen molar-refractivity contribution in [3.8, 4) is 0 Å². The van der Waals surface area contributed by atoms with Crippen LogP contribution in [0.25, 0.3) is 0 Å². The van der Waals surface area contributed by atoms with Gasteiger partial charge in [-0.3, -0.25) is 0 Å². The Hall–Kier alpha value is -1.76. The number of ether oxygens (including phenoxy) is 1. The van der Waals surface area contributed by atoms with E-state index >= 15 is 0 Å². The zero-order valence-electron chi connectivity index (χ0n) is 9.49. The third-order valence-corrected chi connectivity index (χ3v) is 1.50. The fraction of sp³-hybridized carbons (Fsp3) is 0.143. The molecule has 0 aromatic heterocycles. The van der Waals surface area contributed by atoms with Crippen molar-refractivity contribution in [1.82, 2.24) is 0 Å². The summed E-state index contributed by atoms with van der Waals surface area (Å²) in [6, 6.07) is 0. The molecule has 0 aliphatic carbocycles. The van der Waals surface area contributed by atoms with Crippen LogP contribution in [-0.2, 0) is 4.74 Å². The molecule has 0 unspecified atom stereocenters. The van der Waals surface area contributed by atoms with E-state index in [9.17, 15) is 0 Å². The number of allylic oxidation sites excluding steroid dienone is 7. The van der Waals surface area contributed by atoms with Crippen molar-refractivity contribution in [2.75, 3.05) is 0 Å². The quantitative estimate of drug-likeness (QED) is 0.461. The van der Waals surface area contributed by atoms with Gasteiger partial charge in [-0.05, 0) is 38.2 Å². The molecule has 0 atom stereocenters. The Balaban J connectivity index is 4.72. The lowest BCUT2D eigenvalue weighted by molar-refractivity contribution is 0.337. The van der Waals surface area contributed by atoms with Crippen LogP contribution in [0.2, 0.25) is 0 Å². The van der Waals surface area contributed by atoms with Crippen LogP contribution in [0, 0.1) is 0 Å². The SMILES string of the molecule is C=C/C=C(\C=C)O/C(C=C)=C/C=C(C)C. The molecule has 0 aliphatic rings. The van der Waals surface area contributed by atoms with Gasteiger partial charge in [0.15, 0.2) is 0 Å². The Morgan fingerprint density at radius 2 is 1.40 bits per heavy atom. The van der Waals surface area contributed by atoms with Crippen molar-refractivity contribution in [3.63, 3.8) is 0 Å². The third kappa shape index (κ3) is 6.33. The lowest BCUT2D eigenvalue weighted by atomic mass is 10.3. The average molecular weight is 202 g/mol. The highest BCUT2D eigenvalue weighted by atomic mass is 16.5. The molecule has 0 saturated heterocycles. The molecule has 0 amide bonds. The maximum absolute atomic E-state index is 5.51. The van der Waals surface area contributed by atoms with E-state index in [4.69, 9.17) is 4.74 Å². The molecule has 0 rings (SSSR count). The summed E-state index contributed by atoms with van der Waals surface area (Å²) in [5.41, 5.74) is 1.20. The molecule has 0 bridgehead atoms. The van der Waals surface area contributed by atoms with E-state index in [1.165, 1.54) is 5.57 Å². The maximum Gasteiger partial charge on any atom is 0.126 e. The van der Waals surface area contributed by atoms with Crippen molar-refractivity contribution in [2.45, 2.75) is 13.8 Å². The zero-order valence-corrected chi connectivity index (χ0v) is 9.49. The van der Waals surface area contributed by atoms with Gasteiger partial charge in [0.2, 0.25) is 0 Å². The molecule has 0 aromatic carbocycles. The first-order valence-corrected chi connectivity index (χ1v) is 4.74. The normalized spacial score (nSPS) is 11.6. The summed E-state index contributed by atoms with van der Waals surface area (Å²) in [5, 5.41) is 0. The molecule has 0 saturated carbocycles. The highest BCUT2D eigenvalue weighted by Gasteiger charge is 1.94. The number of hydrogen-bond acceptors (Lipinski definition) is 1. The van der Waals surface area contributed by atoms with Crippen molar-refractivity contribution in [2.24, 2.45) is 0 Å². The Bertz CT molecular complexity index is 323. The van der Waals surface area contributed by atoms with E-state index in [2.05, 4.69) is 19.7 Å². The van der Waals surface area contributed by atoms with Gasteiger partial charge in [-0.15, -0.1) is 0 Å². The van der Waals surface area contributed by atoms with Crippen LogP contribution in [-0.4, -0.2) is 0 Å². The molecule has 0 aromatic rings. The van der Waals surface area contributed by atoms with Crippen LogP contribution < -0.4 is 0 Å². The summed E-state index contributed by atoms with van der Waals surface area (Å²) in [5.74, 6) is 1.34. The minimum atomic E-state index is 0.651. The highest BCUT2D eigenvalue weighted by Crippen LogP contribution is 2.09. The number of rotatable bonds is 6. The molecular formula is C14H18O. The largest absolute Gasteiger partial charge is 0.457 e. The zero-order chi connectivity index (χ0) is 11.7. The summed E-state index contributed by atoms with van der Waals surface area (Å²) >= 11 is 0. The van der Waals surface area contributed by atoms with Crippen LogP contribution in [0.5, 0.6) is 0 Å². The molecule has 0 aliphatic heterocycles. The Morgan fingerprint density at radius 1 is 0.867 bits per heavy atom. The molecule has 0 heterocycles. The predicted octanol–water partition coefficient (Wildman–Crippen LogP) is 4.30. The van der Waals surface area contributed by atoms with E-state index in [-0.39, 0.29) is 0 Å². The van der Waals surface area contributed by atoms with Gasteiger partial charge in [0, 0.05) is 0 Å². The lowest BCUT2D eigenvalue weighted by Crippen LogP contribution is -1.87. The van der Waals surface area contributed by atoms with Gasteiger partial charge in [-0.1, -0.05) is 37.5 Å². The predicted molar refractivity (Wildman–Crippen MR) is 67.3 cm³/mol. The van der Waals surface area contributed by atoms with E-state index in [0.717, 1.165) is 0 Å². The lowest BCUT2D eigenvalue weighted by Gasteiger charge is -2.05. The maximum atomic E-state index is 5.51. The van der Waals surface area contributed by atoms with Crippen molar-refractivity contribution >= 4 is 0 Å². The second-order valence-corrected chi connectivity index (χ2v) is 3.13. The third-order valence-electron chi connectivity index (χ3n) is 1.50. The summed E-state index contributed by atoms with van der Waals surface area (Å²) in [7, 11) is 0. The summed E-state index contributed by atoms with van der Waals surface area (Å²) in [6.45, 7) is 15.0. The fourth-order valence-corrected chi connectivity index (χ4v) is 0.788. The molecule has 15 heavy (non-hydrogen) atoms. The van der Waals surface area contributed by atoms with Gasteiger partial charge >= 0.3 is 0 Å². The standard InChI is InChI=1S/C14H18O/c1-6-9-13(7-2)15-14(8-3)11-10-12(4)5/h6-11H,1-3H2,4-5H3/b13-9+,14-11+. The summed E-state index contributed by atoms with van der Waals surface area (Å²) in [6.07, 6.45) is 10.5. The van der Waals surface area contributed by atoms with E-state index in [1.54, 1.807) is 24.3 Å². The Morgan fingerprint density at radius 3 is 1.80 bits per heavy atom. The monoisotopic (exact) mass is 202 g/mol. The molecular weight excluding hydrogens is 184 g/mol. The van der Waals surface area contributed by atoms with Crippen LogP contribution in [0.15, 0.2) is 73.3 Å². The van der Waals surface area contributed by atoms with Gasteiger partial charge in [-0.2, -0.15) is 0 Å². The van der Waals surface area contributed by atoms with Gasteiger partial charge in [0.05, 0.1) is 0 Å². The Labute approximate surface area is 92.5 Å². The fourth-order valence-electron chi connectivity index (χ4n) is 0.788. The van der Waals surface area contributed by atoms with E-state index < -0.39 is 0 Å². The summed E-state index contributed by atoms with van der Waals surface area (Å²) < 4.78 is 5.51. The molecule has 0 radical (unpaired) electrons. The smallest absolute Gasteiger partial charge is 0.126 e. The first-order valence-electron chi connectivity index (χ1n) is 4.74. The van der Waals surface area contributed by atoms with Crippen molar-refractivity contribution in [1.29, 1.82) is 0 Å². The molecule has 0 spiro atoms. The second kappa shape index (κ2) is 7.63. The summed E-state index contributed by atoms with van der Waals surface area (Å²) in [4.78, 5) is 0. The van der Waals surface area contributed by atoms with Gasteiger partial charge < -0.3 is 4.74 Å². The van der Waals surface area contributed by atoms with Crippen LogP contribution >= 0.6 is 0 Å². The second-order valence-electron chi connectivity index (χ2n) is 3.13. The molecule has 1 nitrogen and oxygen atoms in total. The van der Waals surface area contributed by atoms with Crippen molar-refractivity contribution < 1.29 is 4.74 Å². The van der Waals surface area contributed by atoms with Gasteiger partial charge in [0.25, 0.3) is 0 Å².